The van der Waals surface area contributed by atoms with E-state index in [9.17, 15) is 0 Å². The monoisotopic (exact) mass is 163 g/mol. The Labute approximate surface area is 74.8 Å². The molecule has 0 fully saturated rings. The molecule has 1 heteroatoms. The Balaban J connectivity index is 3.01. The van der Waals surface area contributed by atoms with Crippen molar-refractivity contribution >= 4 is 0 Å². The summed E-state index contributed by atoms with van der Waals surface area (Å²) in [4.78, 5) is 0. The third-order valence-corrected chi connectivity index (χ3v) is 2.32. The highest BCUT2D eigenvalue weighted by molar-refractivity contribution is 5.32. The normalized spacial score (nSPS) is 13.0. The quantitative estimate of drug-likeness (QED) is 0.706. The van der Waals surface area contributed by atoms with E-state index in [1.165, 1.54) is 16.7 Å². The molecule has 0 spiro atoms. The van der Waals surface area contributed by atoms with E-state index in [0.717, 1.165) is 0 Å². The van der Waals surface area contributed by atoms with Crippen LogP contribution in [0.4, 0.5) is 0 Å². The lowest BCUT2D eigenvalue weighted by Gasteiger charge is -2.13. The van der Waals surface area contributed by atoms with Gasteiger partial charge in [-0.1, -0.05) is 23.8 Å². The fourth-order valence-electron chi connectivity index (χ4n) is 1.47. The topological polar surface area (TPSA) is 12.0 Å². The maximum absolute atomic E-state index is 3.24. The highest BCUT2D eigenvalue weighted by Crippen LogP contribution is 2.17. The molecule has 0 heterocycles. The lowest BCUT2D eigenvalue weighted by atomic mass is 10.0. The van der Waals surface area contributed by atoms with Gasteiger partial charge in [0.05, 0.1) is 0 Å². The molecule has 1 nitrogen and oxygen atoms in total. The van der Waals surface area contributed by atoms with Crippen molar-refractivity contribution in [1.82, 2.24) is 5.32 Å². The third-order valence-electron chi connectivity index (χ3n) is 2.32. The van der Waals surface area contributed by atoms with Crippen LogP contribution in [0.2, 0.25) is 0 Å². The fourth-order valence-corrected chi connectivity index (χ4v) is 1.47. The lowest BCUT2D eigenvalue weighted by Crippen LogP contribution is -2.13. The predicted octanol–water partition coefficient (Wildman–Crippen LogP) is 2.58. The summed E-state index contributed by atoms with van der Waals surface area (Å²) < 4.78 is 0. The number of nitrogens with one attached hydrogen (secondary N) is 1. The molecule has 1 aromatic carbocycles. The number of benzene rings is 1. The number of aryl methyl sites for hydroxylation is 2. The maximum atomic E-state index is 3.24. The van der Waals surface area contributed by atoms with Gasteiger partial charge in [-0.3, -0.25) is 0 Å². The van der Waals surface area contributed by atoms with Gasteiger partial charge >= 0.3 is 0 Å². The minimum absolute atomic E-state index is 0.450. The van der Waals surface area contributed by atoms with E-state index in [4.69, 9.17) is 0 Å². The Hall–Kier alpha value is -0.820. The molecule has 0 aliphatic carbocycles. The molecule has 1 N–H and O–H groups in total. The van der Waals surface area contributed by atoms with Crippen LogP contribution in [0, 0.1) is 13.8 Å². The predicted molar refractivity (Wildman–Crippen MR) is 53.4 cm³/mol. The standard InChI is InChI=1S/C11H17N/c1-8-5-6-11(9(2)7-8)10(3)12-4/h5-7,10,12H,1-4H3/t10-/m1/s1. The van der Waals surface area contributed by atoms with E-state index in [0.29, 0.717) is 6.04 Å². The van der Waals surface area contributed by atoms with Gasteiger partial charge in [-0.15, -0.1) is 0 Å². The van der Waals surface area contributed by atoms with Crippen molar-refractivity contribution in [3.8, 4) is 0 Å². The highest BCUT2D eigenvalue weighted by Gasteiger charge is 2.04. The summed E-state index contributed by atoms with van der Waals surface area (Å²) in [6, 6.07) is 7.04. The zero-order valence-electron chi connectivity index (χ0n) is 8.31. The average Bonchev–Trinajstić information content (AvgIpc) is 2.03. The van der Waals surface area contributed by atoms with Crippen LogP contribution in [0.15, 0.2) is 18.2 Å². The Kier molecular flexibility index (Phi) is 2.88. The maximum Gasteiger partial charge on any atom is 0.0291 e. The summed E-state index contributed by atoms with van der Waals surface area (Å²) >= 11 is 0. The zero-order valence-corrected chi connectivity index (χ0v) is 8.31. The third kappa shape index (κ3) is 1.86. The van der Waals surface area contributed by atoms with Crippen molar-refractivity contribution in [2.75, 3.05) is 7.05 Å². The summed E-state index contributed by atoms with van der Waals surface area (Å²) in [7, 11) is 1.99. The molecule has 0 aromatic heterocycles. The Morgan fingerprint density at radius 2 is 1.92 bits per heavy atom. The first-order valence-electron chi connectivity index (χ1n) is 4.39. The van der Waals surface area contributed by atoms with Crippen LogP contribution in [-0.4, -0.2) is 7.05 Å². The van der Waals surface area contributed by atoms with Gasteiger partial charge in [0.15, 0.2) is 0 Å². The fraction of sp³-hybridized carbons (Fsp3) is 0.455. The van der Waals surface area contributed by atoms with E-state index >= 15 is 0 Å². The smallest absolute Gasteiger partial charge is 0.0291 e. The second kappa shape index (κ2) is 3.72. The molecule has 12 heavy (non-hydrogen) atoms. The minimum atomic E-state index is 0.450. The van der Waals surface area contributed by atoms with E-state index in [1.807, 2.05) is 7.05 Å². The van der Waals surface area contributed by atoms with Crippen LogP contribution in [0.25, 0.3) is 0 Å². The van der Waals surface area contributed by atoms with E-state index in [2.05, 4.69) is 44.3 Å². The van der Waals surface area contributed by atoms with Crippen LogP contribution in [-0.2, 0) is 0 Å². The second-order valence-electron chi connectivity index (χ2n) is 3.37. The van der Waals surface area contributed by atoms with Crippen molar-refractivity contribution < 1.29 is 0 Å². The molecule has 0 saturated carbocycles. The lowest BCUT2D eigenvalue weighted by molar-refractivity contribution is 0.648. The molecule has 0 aliphatic heterocycles. The van der Waals surface area contributed by atoms with E-state index in [-0.39, 0.29) is 0 Å². The molecule has 1 atom stereocenters. The number of hydrogen-bond donors (Lipinski definition) is 1. The van der Waals surface area contributed by atoms with Gasteiger partial charge in [-0.2, -0.15) is 0 Å². The average molecular weight is 163 g/mol. The van der Waals surface area contributed by atoms with E-state index < -0.39 is 0 Å². The molecule has 1 aromatic rings. The van der Waals surface area contributed by atoms with Crippen LogP contribution in [0.5, 0.6) is 0 Å². The molecule has 1 rings (SSSR count). The van der Waals surface area contributed by atoms with Crippen LogP contribution in [0.3, 0.4) is 0 Å². The van der Waals surface area contributed by atoms with E-state index in [1.54, 1.807) is 0 Å². The van der Waals surface area contributed by atoms with Gasteiger partial charge < -0.3 is 5.32 Å². The molecule has 0 bridgehead atoms. The van der Waals surface area contributed by atoms with Gasteiger partial charge in [-0.25, -0.2) is 0 Å². The Bertz CT molecular complexity index is 266. The first-order valence-corrected chi connectivity index (χ1v) is 4.39. The molecule has 66 valence electrons. The summed E-state index contributed by atoms with van der Waals surface area (Å²) in [6.45, 7) is 6.47. The van der Waals surface area contributed by atoms with Crippen LogP contribution in [0.1, 0.15) is 29.7 Å². The van der Waals surface area contributed by atoms with Crippen LogP contribution < -0.4 is 5.32 Å². The molecule has 0 saturated heterocycles. The Morgan fingerprint density at radius 3 is 2.42 bits per heavy atom. The first kappa shape index (κ1) is 9.27. The van der Waals surface area contributed by atoms with Gasteiger partial charge in [0.25, 0.3) is 0 Å². The van der Waals surface area contributed by atoms with Crippen molar-refractivity contribution in [2.24, 2.45) is 0 Å². The molecule has 0 unspecified atom stereocenters. The van der Waals surface area contributed by atoms with Crippen molar-refractivity contribution in [3.63, 3.8) is 0 Å². The van der Waals surface area contributed by atoms with Gasteiger partial charge in [-0.05, 0) is 38.9 Å². The van der Waals surface area contributed by atoms with Crippen LogP contribution >= 0.6 is 0 Å². The summed E-state index contributed by atoms with van der Waals surface area (Å²) in [5, 5.41) is 3.24. The molecule has 0 amide bonds. The summed E-state index contributed by atoms with van der Waals surface area (Å²) in [5.41, 5.74) is 4.10. The summed E-state index contributed by atoms with van der Waals surface area (Å²) in [5.74, 6) is 0. The highest BCUT2D eigenvalue weighted by atomic mass is 14.9. The first-order chi connectivity index (χ1) is 5.65. The van der Waals surface area contributed by atoms with Gasteiger partial charge in [0.2, 0.25) is 0 Å². The molecule has 0 radical (unpaired) electrons. The molecular formula is C11H17N. The zero-order chi connectivity index (χ0) is 9.14. The summed E-state index contributed by atoms with van der Waals surface area (Å²) in [6.07, 6.45) is 0. The largest absolute Gasteiger partial charge is 0.313 e. The molecular weight excluding hydrogens is 146 g/mol. The minimum Gasteiger partial charge on any atom is -0.313 e. The Morgan fingerprint density at radius 1 is 1.25 bits per heavy atom. The SMILES string of the molecule is CN[C@H](C)c1ccc(C)cc1C. The van der Waals surface area contributed by atoms with Gasteiger partial charge in [0, 0.05) is 6.04 Å². The molecule has 0 aliphatic rings. The van der Waals surface area contributed by atoms with Gasteiger partial charge in [0.1, 0.15) is 0 Å². The number of rotatable bonds is 2. The second-order valence-corrected chi connectivity index (χ2v) is 3.37. The van der Waals surface area contributed by atoms with Crippen molar-refractivity contribution in [1.29, 1.82) is 0 Å². The van der Waals surface area contributed by atoms with Crippen molar-refractivity contribution in [2.45, 2.75) is 26.8 Å². The van der Waals surface area contributed by atoms with Crippen molar-refractivity contribution in [3.05, 3.63) is 34.9 Å². The number of hydrogen-bond acceptors (Lipinski definition) is 1.